The minimum Gasteiger partial charge on any atom is -0.477 e. The van der Waals surface area contributed by atoms with Gasteiger partial charge in [0.25, 0.3) is 0 Å². The van der Waals surface area contributed by atoms with Crippen molar-refractivity contribution in [2.75, 3.05) is 18.0 Å². The van der Waals surface area contributed by atoms with Gasteiger partial charge in [-0.05, 0) is 37.0 Å². The van der Waals surface area contributed by atoms with Gasteiger partial charge < -0.3 is 20.3 Å². The quantitative estimate of drug-likeness (QED) is 0.863. The number of carboxylic acids is 1. The number of aromatic carboxylic acids is 1. The van der Waals surface area contributed by atoms with Crippen LogP contribution in [-0.2, 0) is 0 Å². The van der Waals surface area contributed by atoms with E-state index < -0.39 is 23.6 Å². The van der Waals surface area contributed by atoms with Gasteiger partial charge in [-0.15, -0.1) is 0 Å². The first-order valence-corrected chi connectivity index (χ1v) is 9.34. The van der Waals surface area contributed by atoms with Gasteiger partial charge in [-0.2, -0.15) is 0 Å². The molecule has 4 atom stereocenters. The topological polar surface area (TPSA) is 88.6 Å². The van der Waals surface area contributed by atoms with Gasteiger partial charge >= 0.3 is 5.97 Å². The maximum absolute atomic E-state index is 13.8. The monoisotopic (exact) mass is 373 g/mol. The Morgan fingerprint density at radius 2 is 2.00 bits per heavy atom. The molecule has 2 heterocycles. The number of halogens is 1. The van der Waals surface area contributed by atoms with Crippen molar-refractivity contribution < 1.29 is 14.3 Å². The minimum atomic E-state index is -1.29. The zero-order chi connectivity index (χ0) is 19.5. The lowest BCUT2D eigenvalue weighted by Crippen LogP contribution is -2.46. The van der Waals surface area contributed by atoms with Gasteiger partial charge in [-0.1, -0.05) is 6.92 Å². The van der Waals surface area contributed by atoms with Crippen LogP contribution >= 0.6 is 0 Å². The van der Waals surface area contributed by atoms with E-state index in [0.717, 1.165) is 30.8 Å². The highest BCUT2D eigenvalue weighted by Crippen LogP contribution is 2.42. The average molecular weight is 373 g/mol. The Hall–Kier alpha value is -2.41. The third-order valence-electron chi connectivity index (χ3n) is 5.72. The van der Waals surface area contributed by atoms with Crippen molar-refractivity contribution in [3.63, 3.8) is 0 Å². The summed E-state index contributed by atoms with van der Waals surface area (Å²) in [5, 5.41) is 9.70. The Morgan fingerprint density at radius 3 is 2.59 bits per heavy atom. The lowest BCUT2D eigenvalue weighted by Gasteiger charge is -2.37. The van der Waals surface area contributed by atoms with Crippen molar-refractivity contribution >= 4 is 22.6 Å². The summed E-state index contributed by atoms with van der Waals surface area (Å²) in [7, 11) is 0. The Balaban J connectivity index is 1.93. The van der Waals surface area contributed by atoms with Crippen LogP contribution in [-0.4, -0.2) is 40.9 Å². The van der Waals surface area contributed by atoms with Crippen LogP contribution in [0.15, 0.2) is 23.1 Å². The summed E-state index contributed by atoms with van der Waals surface area (Å²) in [6.07, 6.45) is 1.61. The molecule has 4 rings (SSSR count). The molecule has 1 aromatic heterocycles. The van der Waals surface area contributed by atoms with Crippen molar-refractivity contribution in [2.24, 2.45) is 11.7 Å². The standard InChI is InChI=1S/C20H24FN3O3/c1-10-5-12(22)8-23(7-10)16-4-3-13-18(11(16)2)24(17-6-15(17)21)9-14(19(13)25)20(26)27/h3-4,9-10,12,15,17H,5-8,22H2,1-2H3,(H,26,27)/t10-,12-,15-,17+/m0/s1. The molecule has 0 amide bonds. The van der Waals surface area contributed by atoms with E-state index in [1.165, 1.54) is 6.20 Å². The average Bonchev–Trinajstić information content (AvgIpc) is 3.31. The number of carboxylic acid groups (broad SMARTS) is 1. The van der Waals surface area contributed by atoms with Crippen LogP contribution in [0.2, 0.25) is 0 Å². The molecule has 0 spiro atoms. The normalized spacial score (nSPS) is 27.8. The molecule has 6 nitrogen and oxygen atoms in total. The number of aromatic nitrogens is 1. The van der Waals surface area contributed by atoms with Gasteiger partial charge in [-0.3, -0.25) is 4.79 Å². The second kappa shape index (κ2) is 6.34. The Kier molecular flexibility index (Phi) is 4.22. The number of nitrogens with zero attached hydrogens (tertiary/aromatic N) is 2. The number of piperidine rings is 1. The molecule has 1 aliphatic carbocycles. The van der Waals surface area contributed by atoms with E-state index in [1.54, 1.807) is 10.6 Å². The fourth-order valence-electron chi connectivity index (χ4n) is 4.41. The number of aryl methyl sites for hydroxylation is 1. The molecule has 3 N–H and O–H groups in total. The fourth-order valence-corrected chi connectivity index (χ4v) is 4.41. The smallest absolute Gasteiger partial charge is 0.341 e. The fraction of sp³-hybridized carbons (Fsp3) is 0.500. The molecule has 1 aromatic carbocycles. The number of pyridine rings is 1. The number of hydrogen-bond acceptors (Lipinski definition) is 4. The van der Waals surface area contributed by atoms with Crippen LogP contribution in [0.3, 0.4) is 0 Å². The molecular formula is C20H24FN3O3. The van der Waals surface area contributed by atoms with Gasteiger partial charge in [0.05, 0.1) is 11.6 Å². The molecule has 2 fully saturated rings. The molecular weight excluding hydrogens is 349 g/mol. The summed E-state index contributed by atoms with van der Waals surface area (Å²) < 4.78 is 15.5. The van der Waals surface area contributed by atoms with Crippen molar-refractivity contribution in [1.82, 2.24) is 4.57 Å². The van der Waals surface area contributed by atoms with Crippen molar-refractivity contribution in [1.29, 1.82) is 0 Å². The largest absolute Gasteiger partial charge is 0.477 e. The molecule has 1 aliphatic heterocycles. The van der Waals surface area contributed by atoms with Crippen molar-refractivity contribution in [3.8, 4) is 0 Å². The number of nitrogens with two attached hydrogens (primary N) is 1. The summed E-state index contributed by atoms with van der Waals surface area (Å²) in [4.78, 5) is 26.4. The predicted molar refractivity (Wildman–Crippen MR) is 102 cm³/mol. The van der Waals surface area contributed by atoms with Gasteiger partial charge in [0, 0.05) is 42.8 Å². The number of benzene rings is 1. The highest BCUT2D eigenvalue weighted by molar-refractivity contribution is 5.95. The molecule has 27 heavy (non-hydrogen) atoms. The van der Waals surface area contributed by atoms with E-state index in [4.69, 9.17) is 5.73 Å². The summed E-state index contributed by atoms with van der Waals surface area (Å²) in [5.74, 6) is -0.830. The molecule has 1 saturated heterocycles. The number of anilines is 1. The molecule has 0 bridgehead atoms. The summed E-state index contributed by atoms with van der Waals surface area (Å²) in [5.41, 5.74) is 7.80. The summed E-state index contributed by atoms with van der Waals surface area (Å²) in [6.45, 7) is 5.67. The number of fused-ring (bicyclic) bond motifs is 1. The molecule has 0 unspecified atom stereocenters. The van der Waals surface area contributed by atoms with Crippen molar-refractivity contribution in [3.05, 3.63) is 39.7 Å². The lowest BCUT2D eigenvalue weighted by atomic mass is 9.95. The third kappa shape index (κ3) is 3.00. The zero-order valence-electron chi connectivity index (χ0n) is 15.5. The first-order valence-electron chi connectivity index (χ1n) is 9.34. The summed E-state index contributed by atoms with van der Waals surface area (Å²) >= 11 is 0. The molecule has 2 aromatic rings. The maximum Gasteiger partial charge on any atom is 0.341 e. The molecule has 7 heteroatoms. The SMILES string of the molecule is Cc1c(N2C[C@@H](C)C[C@H](N)C2)ccc2c(=O)c(C(=O)O)cn([C@@H]3C[C@@H]3F)c12. The Labute approximate surface area is 156 Å². The molecule has 144 valence electrons. The summed E-state index contributed by atoms with van der Waals surface area (Å²) in [6, 6.07) is 3.20. The number of alkyl halides is 1. The zero-order valence-corrected chi connectivity index (χ0v) is 15.5. The molecule has 1 saturated carbocycles. The van der Waals surface area contributed by atoms with Gasteiger partial charge in [-0.25, -0.2) is 9.18 Å². The van der Waals surface area contributed by atoms with E-state index in [1.807, 2.05) is 13.0 Å². The van der Waals surface area contributed by atoms with Gasteiger partial charge in [0.2, 0.25) is 5.43 Å². The van der Waals surface area contributed by atoms with Crippen LogP contribution in [0.25, 0.3) is 10.9 Å². The first kappa shape index (κ1) is 18.0. The minimum absolute atomic E-state index is 0.0825. The van der Waals surface area contributed by atoms with E-state index in [0.29, 0.717) is 23.2 Å². The van der Waals surface area contributed by atoms with Crippen LogP contribution < -0.4 is 16.1 Å². The van der Waals surface area contributed by atoms with Gasteiger partial charge in [0.15, 0.2) is 0 Å². The number of carbonyl (C=O) groups is 1. The highest BCUT2D eigenvalue weighted by atomic mass is 19.1. The Bertz CT molecular complexity index is 977. The number of hydrogen-bond donors (Lipinski definition) is 2. The first-order chi connectivity index (χ1) is 12.8. The second-order valence-electron chi connectivity index (χ2n) is 8.02. The van der Waals surface area contributed by atoms with E-state index in [-0.39, 0.29) is 11.6 Å². The maximum atomic E-state index is 13.8. The van der Waals surface area contributed by atoms with Crippen molar-refractivity contribution in [2.45, 2.75) is 44.9 Å². The van der Waals surface area contributed by atoms with Crippen LogP contribution in [0.5, 0.6) is 0 Å². The van der Waals surface area contributed by atoms with E-state index >= 15 is 0 Å². The number of rotatable bonds is 3. The lowest BCUT2D eigenvalue weighted by molar-refractivity contribution is 0.0694. The van der Waals surface area contributed by atoms with E-state index in [2.05, 4.69) is 11.8 Å². The van der Waals surface area contributed by atoms with E-state index in [9.17, 15) is 19.1 Å². The van der Waals surface area contributed by atoms with Crippen LogP contribution in [0.1, 0.15) is 41.7 Å². The molecule has 0 radical (unpaired) electrons. The Morgan fingerprint density at radius 1 is 1.30 bits per heavy atom. The van der Waals surface area contributed by atoms with Crippen LogP contribution in [0.4, 0.5) is 10.1 Å². The highest BCUT2D eigenvalue weighted by Gasteiger charge is 2.40. The van der Waals surface area contributed by atoms with Gasteiger partial charge in [0.1, 0.15) is 11.7 Å². The van der Waals surface area contributed by atoms with Crippen LogP contribution in [0, 0.1) is 12.8 Å². The predicted octanol–water partition coefficient (Wildman–Crippen LogP) is 2.46. The molecule has 2 aliphatic rings. The second-order valence-corrected chi connectivity index (χ2v) is 8.02. The third-order valence-corrected chi connectivity index (χ3v) is 5.72.